The summed E-state index contributed by atoms with van der Waals surface area (Å²) in [6.07, 6.45) is 5.65. The molecule has 2 atom stereocenters. The zero-order valence-electron chi connectivity index (χ0n) is 19.7. The van der Waals surface area contributed by atoms with Crippen LogP contribution in [0.4, 0.5) is 27.5 Å². The second kappa shape index (κ2) is 9.52. The first kappa shape index (κ1) is 23.7. The summed E-state index contributed by atoms with van der Waals surface area (Å²) < 4.78 is 41.3. The van der Waals surface area contributed by atoms with Gasteiger partial charge in [-0.25, -0.2) is 17.8 Å². The van der Waals surface area contributed by atoms with Gasteiger partial charge in [0.1, 0.15) is 11.6 Å². The van der Waals surface area contributed by atoms with Gasteiger partial charge in [-0.05, 0) is 87.3 Å². The normalized spacial score (nSPS) is 22.3. The quantitative estimate of drug-likeness (QED) is 0.503. The van der Waals surface area contributed by atoms with E-state index < -0.39 is 10.0 Å². The number of rotatable bonds is 7. The molecular weight excluding hydrogens is 467 g/mol. The summed E-state index contributed by atoms with van der Waals surface area (Å²) in [5, 5.41) is 6.20. The number of hydrogen-bond donors (Lipinski definition) is 2. The van der Waals surface area contributed by atoms with Crippen molar-refractivity contribution in [2.24, 2.45) is 0 Å². The minimum Gasteiger partial charge on any atom is -0.340 e. The lowest BCUT2D eigenvalue weighted by Crippen LogP contribution is -2.49. The molecule has 5 rings (SSSR count). The van der Waals surface area contributed by atoms with Gasteiger partial charge in [0.15, 0.2) is 0 Å². The van der Waals surface area contributed by atoms with Crippen molar-refractivity contribution in [1.82, 2.24) is 19.2 Å². The summed E-state index contributed by atoms with van der Waals surface area (Å²) in [5.41, 5.74) is 1.37. The van der Waals surface area contributed by atoms with Crippen LogP contribution < -0.4 is 10.6 Å². The van der Waals surface area contributed by atoms with E-state index in [0.29, 0.717) is 35.2 Å². The minimum absolute atomic E-state index is 0.0243. The average molecular weight is 497 g/mol. The zero-order valence-corrected chi connectivity index (χ0v) is 20.5. The third-order valence-electron chi connectivity index (χ3n) is 7.15. The van der Waals surface area contributed by atoms with Crippen LogP contribution >= 0.6 is 0 Å². The monoisotopic (exact) mass is 496 g/mol. The molecule has 1 aromatic heterocycles. The molecule has 184 valence electrons. The summed E-state index contributed by atoms with van der Waals surface area (Å²) in [6, 6.07) is 15.3. The fourth-order valence-corrected chi connectivity index (χ4v) is 6.43. The average Bonchev–Trinajstić information content (AvgIpc) is 3.05. The lowest BCUT2D eigenvalue weighted by molar-refractivity contribution is 0.124. The Labute approximate surface area is 205 Å². The molecule has 35 heavy (non-hydrogen) atoms. The highest BCUT2D eigenvalue weighted by molar-refractivity contribution is 7.89. The van der Waals surface area contributed by atoms with Crippen molar-refractivity contribution >= 4 is 33.2 Å². The highest BCUT2D eigenvalue weighted by Gasteiger charge is 2.42. The molecule has 10 heteroatoms. The van der Waals surface area contributed by atoms with E-state index >= 15 is 0 Å². The Morgan fingerprint density at radius 2 is 1.54 bits per heavy atom. The van der Waals surface area contributed by atoms with Crippen LogP contribution in [0.3, 0.4) is 0 Å². The molecule has 0 aliphatic carbocycles. The second-order valence-electron chi connectivity index (χ2n) is 9.24. The van der Waals surface area contributed by atoms with E-state index in [2.05, 4.69) is 32.5 Å². The van der Waals surface area contributed by atoms with Gasteiger partial charge < -0.3 is 15.5 Å². The summed E-state index contributed by atoms with van der Waals surface area (Å²) in [4.78, 5) is 11.3. The molecule has 2 unspecified atom stereocenters. The molecule has 2 fully saturated rings. The summed E-state index contributed by atoms with van der Waals surface area (Å²) in [7, 11) is 0.259. The van der Waals surface area contributed by atoms with E-state index in [1.807, 2.05) is 0 Å². The Balaban J connectivity index is 1.25. The predicted molar refractivity (Wildman–Crippen MR) is 134 cm³/mol. The SMILES string of the molecule is CN1C2CCC1CC(N(C)S(=O)(=O)c1ccc(Nc3nccc(Nc4ccc(F)cc4)n3)cc1)C2. The Morgan fingerprint density at radius 3 is 2.20 bits per heavy atom. The van der Waals surface area contributed by atoms with Gasteiger partial charge in [-0.2, -0.15) is 9.29 Å². The van der Waals surface area contributed by atoms with Gasteiger partial charge in [-0.3, -0.25) is 0 Å². The fraction of sp³-hybridized carbons (Fsp3) is 0.360. The third-order valence-corrected chi connectivity index (χ3v) is 9.07. The largest absolute Gasteiger partial charge is 0.340 e. The maximum Gasteiger partial charge on any atom is 0.243 e. The lowest BCUT2D eigenvalue weighted by Gasteiger charge is -2.39. The molecule has 2 aliphatic heterocycles. The van der Waals surface area contributed by atoms with E-state index in [4.69, 9.17) is 0 Å². The number of halogens is 1. The molecule has 0 radical (unpaired) electrons. The van der Waals surface area contributed by atoms with Crippen LogP contribution in [0.1, 0.15) is 25.7 Å². The van der Waals surface area contributed by atoms with Gasteiger partial charge in [0.2, 0.25) is 16.0 Å². The minimum atomic E-state index is -3.59. The van der Waals surface area contributed by atoms with Crippen LogP contribution in [-0.2, 0) is 10.0 Å². The summed E-state index contributed by atoms with van der Waals surface area (Å²) in [6.45, 7) is 0. The number of hydrogen-bond acceptors (Lipinski definition) is 7. The lowest BCUT2D eigenvalue weighted by atomic mass is 9.98. The number of sulfonamides is 1. The molecule has 8 nitrogen and oxygen atoms in total. The number of anilines is 4. The van der Waals surface area contributed by atoms with Crippen LogP contribution in [0.5, 0.6) is 0 Å². The van der Waals surface area contributed by atoms with Gasteiger partial charge in [0.25, 0.3) is 0 Å². The van der Waals surface area contributed by atoms with Crippen LogP contribution in [0.15, 0.2) is 65.7 Å². The van der Waals surface area contributed by atoms with E-state index in [-0.39, 0.29) is 16.8 Å². The number of nitrogens with one attached hydrogen (secondary N) is 2. The maximum atomic E-state index is 13.3. The zero-order chi connectivity index (χ0) is 24.6. The Kier molecular flexibility index (Phi) is 6.43. The maximum absolute atomic E-state index is 13.3. The Bertz CT molecular complexity index is 1270. The number of fused-ring (bicyclic) bond motifs is 2. The molecule has 2 aliphatic rings. The predicted octanol–water partition coefficient (Wildman–Crippen LogP) is 4.35. The molecule has 0 spiro atoms. The van der Waals surface area contributed by atoms with Gasteiger partial charge in [-0.1, -0.05) is 0 Å². The van der Waals surface area contributed by atoms with E-state index in [9.17, 15) is 12.8 Å². The number of piperidine rings is 1. The molecular formula is C25H29FN6O2S. The van der Waals surface area contributed by atoms with Crippen LogP contribution in [0.25, 0.3) is 0 Å². The third kappa shape index (κ3) is 5.00. The van der Waals surface area contributed by atoms with E-state index in [0.717, 1.165) is 25.7 Å². The number of benzene rings is 2. The van der Waals surface area contributed by atoms with Gasteiger partial charge in [0.05, 0.1) is 4.90 Å². The molecule has 2 aromatic carbocycles. The molecule has 0 amide bonds. The van der Waals surface area contributed by atoms with Gasteiger partial charge >= 0.3 is 0 Å². The van der Waals surface area contributed by atoms with Crippen LogP contribution in [-0.4, -0.2) is 59.8 Å². The van der Waals surface area contributed by atoms with Crippen molar-refractivity contribution < 1.29 is 12.8 Å². The highest BCUT2D eigenvalue weighted by atomic mass is 32.2. The van der Waals surface area contributed by atoms with Crippen molar-refractivity contribution in [3.05, 3.63) is 66.6 Å². The first-order valence-electron chi connectivity index (χ1n) is 11.7. The first-order chi connectivity index (χ1) is 16.8. The Hall–Kier alpha value is -3.08. The van der Waals surface area contributed by atoms with E-state index in [1.165, 1.54) is 12.1 Å². The van der Waals surface area contributed by atoms with Gasteiger partial charge in [-0.15, -0.1) is 0 Å². The molecule has 2 N–H and O–H groups in total. The smallest absolute Gasteiger partial charge is 0.243 e. The molecule has 3 heterocycles. The Morgan fingerprint density at radius 1 is 0.943 bits per heavy atom. The molecule has 0 saturated carbocycles. The molecule has 2 saturated heterocycles. The van der Waals surface area contributed by atoms with Crippen molar-refractivity contribution in [2.75, 3.05) is 24.7 Å². The van der Waals surface area contributed by atoms with E-state index in [1.54, 1.807) is 60.0 Å². The standard InChI is InChI=1S/C25H29FN6O2S/c1-31-20-9-10-21(31)16-22(15-20)32(2)35(33,34)23-11-7-19(8-12-23)29-25-27-14-13-24(30-25)28-18-5-3-17(26)4-6-18/h3-8,11-14,20-22H,9-10,15-16H2,1-2H3,(H2,27,28,29,30). The first-order valence-corrected chi connectivity index (χ1v) is 13.2. The van der Waals surface area contributed by atoms with Crippen molar-refractivity contribution in [3.63, 3.8) is 0 Å². The van der Waals surface area contributed by atoms with Crippen LogP contribution in [0, 0.1) is 5.82 Å². The summed E-state index contributed by atoms with van der Waals surface area (Å²) >= 11 is 0. The van der Waals surface area contributed by atoms with Crippen molar-refractivity contribution in [3.8, 4) is 0 Å². The van der Waals surface area contributed by atoms with Gasteiger partial charge in [0, 0.05) is 42.7 Å². The fourth-order valence-electron chi connectivity index (χ4n) is 5.05. The highest BCUT2D eigenvalue weighted by Crippen LogP contribution is 2.37. The topological polar surface area (TPSA) is 90.5 Å². The molecule has 3 aromatic rings. The van der Waals surface area contributed by atoms with Crippen molar-refractivity contribution in [1.29, 1.82) is 0 Å². The van der Waals surface area contributed by atoms with Crippen LogP contribution in [0.2, 0.25) is 0 Å². The summed E-state index contributed by atoms with van der Waals surface area (Å²) in [5.74, 6) is 0.587. The second-order valence-corrected chi connectivity index (χ2v) is 11.2. The van der Waals surface area contributed by atoms with Crippen molar-refractivity contribution in [2.45, 2.75) is 48.7 Å². The number of nitrogens with zero attached hydrogens (tertiary/aromatic N) is 4. The number of aromatic nitrogens is 2. The molecule has 2 bridgehead atoms.